The Labute approximate surface area is 187 Å². The normalized spacial score (nSPS) is 18.6. The van der Waals surface area contributed by atoms with E-state index in [0.29, 0.717) is 24.6 Å². The number of likely N-dealkylation sites (tertiary alicyclic amines) is 1. The van der Waals surface area contributed by atoms with Gasteiger partial charge in [-0.15, -0.1) is 0 Å². The van der Waals surface area contributed by atoms with Gasteiger partial charge in [0, 0.05) is 50.4 Å². The van der Waals surface area contributed by atoms with E-state index in [-0.39, 0.29) is 17.9 Å². The molecule has 1 unspecified atom stereocenters. The third-order valence-electron chi connectivity index (χ3n) is 6.43. The summed E-state index contributed by atoms with van der Waals surface area (Å²) in [7, 11) is 3.53. The molecule has 1 saturated carbocycles. The van der Waals surface area contributed by atoms with Crippen LogP contribution in [-0.2, 0) is 7.05 Å². The van der Waals surface area contributed by atoms with Crippen molar-refractivity contribution >= 4 is 28.7 Å². The van der Waals surface area contributed by atoms with Gasteiger partial charge in [0.1, 0.15) is 0 Å². The smallest absolute Gasteiger partial charge is 0.321 e. The molecular weight excluding hydrogens is 404 g/mol. The second kappa shape index (κ2) is 8.26. The zero-order valence-corrected chi connectivity index (χ0v) is 18.5. The number of benzene rings is 1. The number of nitrogens with zero attached hydrogens (tertiary/aromatic N) is 4. The molecule has 32 heavy (non-hydrogen) atoms. The van der Waals surface area contributed by atoms with E-state index in [1.165, 1.54) is 0 Å². The number of rotatable bonds is 4. The van der Waals surface area contributed by atoms with Gasteiger partial charge in [-0.25, -0.2) is 9.78 Å². The first-order valence-electron chi connectivity index (χ1n) is 11.3. The van der Waals surface area contributed by atoms with Gasteiger partial charge in [0.05, 0.1) is 16.6 Å². The van der Waals surface area contributed by atoms with Crippen LogP contribution in [-0.4, -0.2) is 51.7 Å². The van der Waals surface area contributed by atoms with Crippen molar-refractivity contribution in [3.8, 4) is 0 Å². The highest BCUT2D eigenvalue weighted by Gasteiger charge is 2.32. The number of para-hydroxylation sites is 1. The highest BCUT2D eigenvalue weighted by atomic mass is 16.2. The van der Waals surface area contributed by atoms with E-state index in [0.717, 1.165) is 53.8 Å². The second-order valence-corrected chi connectivity index (χ2v) is 8.74. The number of amides is 3. The Hall–Kier alpha value is -3.42. The minimum atomic E-state index is -0.122. The number of nitrogens with one attached hydrogen (secondary N) is 2. The maximum atomic E-state index is 12.9. The van der Waals surface area contributed by atoms with Crippen LogP contribution >= 0.6 is 0 Å². The van der Waals surface area contributed by atoms with E-state index in [4.69, 9.17) is 10.1 Å². The Morgan fingerprint density at radius 2 is 1.88 bits per heavy atom. The third-order valence-corrected chi connectivity index (χ3v) is 6.43. The molecule has 2 aromatic heterocycles. The topological polar surface area (TPSA) is 92.2 Å². The van der Waals surface area contributed by atoms with Crippen LogP contribution in [0.2, 0.25) is 0 Å². The summed E-state index contributed by atoms with van der Waals surface area (Å²) in [5, 5.41) is 11.4. The average Bonchev–Trinajstić information content (AvgIpc) is 3.62. The van der Waals surface area contributed by atoms with Gasteiger partial charge in [-0.2, -0.15) is 5.10 Å². The Morgan fingerprint density at radius 1 is 1.09 bits per heavy atom. The van der Waals surface area contributed by atoms with E-state index in [2.05, 4.69) is 10.6 Å². The summed E-state index contributed by atoms with van der Waals surface area (Å²) in [6, 6.07) is 11.3. The fraction of sp³-hybridized carbons (Fsp3) is 0.417. The lowest BCUT2D eigenvalue weighted by Gasteiger charge is -2.32. The van der Waals surface area contributed by atoms with Crippen LogP contribution in [0.1, 0.15) is 59.3 Å². The molecule has 1 atom stereocenters. The summed E-state index contributed by atoms with van der Waals surface area (Å²) in [5.41, 5.74) is 3.98. The molecule has 1 aliphatic heterocycles. The van der Waals surface area contributed by atoms with Crippen LogP contribution < -0.4 is 10.6 Å². The van der Waals surface area contributed by atoms with Crippen molar-refractivity contribution in [1.82, 2.24) is 25.0 Å². The van der Waals surface area contributed by atoms with Crippen molar-refractivity contribution < 1.29 is 9.59 Å². The lowest BCUT2D eigenvalue weighted by atomic mass is 9.91. The number of piperidine rings is 1. The largest absolute Gasteiger partial charge is 0.355 e. The van der Waals surface area contributed by atoms with E-state index in [1.54, 1.807) is 11.7 Å². The Morgan fingerprint density at radius 3 is 2.59 bits per heavy atom. The van der Waals surface area contributed by atoms with Gasteiger partial charge in [-0.05, 0) is 43.9 Å². The van der Waals surface area contributed by atoms with Crippen LogP contribution in [0.3, 0.4) is 0 Å². The molecule has 8 heteroatoms. The standard InChI is InChI=1S/C24H28N6O2/c1-25-23(31)18-13-19(15-10-11-15)27-22-20(18)21(28-29(22)2)16-7-6-12-30(14-16)24(32)26-17-8-4-3-5-9-17/h3-5,8-9,13,15-16H,6-7,10-12,14H2,1-2H3,(H,25,31)(H,26,32). The van der Waals surface area contributed by atoms with E-state index < -0.39 is 0 Å². The minimum Gasteiger partial charge on any atom is -0.355 e. The summed E-state index contributed by atoms with van der Waals surface area (Å²) in [5.74, 6) is 0.363. The maximum absolute atomic E-state index is 12.9. The van der Waals surface area contributed by atoms with Crippen molar-refractivity contribution in [3.63, 3.8) is 0 Å². The Kier molecular flexibility index (Phi) is 5.28. The highest BCUT2D eigenvalue weighted by molar-refractivity contribution is 6.06. The molecule has 2 aliphatic rings. The predicted molar refractivity (Wildman–Crippen MR) is 123 cm³/mol. The fourth-order valence-electron chi connectivity index (χ4n) is 4.59. The number of carbonyl (C=O) groups excluding carboxylic acids is 2. The van der Waals surface area contributed by atoms with Crippen LogP contribution in [0.4, 0.5) is 10.5 Å². The van der Waals surface area contributed by atoms with Gasteiger partial charge in [0.15, 0.2) is 5.65 Å². The minimum absolute atomic E-state index is 0.0472. The number of hydrogen-bond donors (Lipinski definition) is 2. The maximum Gasteiger partial charge on any atom is 0.321 e. The molecule has 3 amide bonds. The average molecular weight is 433 g/mol. The fourth-order valence-corrected chi connectivity index (χ4v) is 4.59. The first-order valence-corrected chi connectivity index (χ1v) is 11.3. The molecule has 2 fully saturated rings. The lowest BCUT2D eigenvalue weighted by molar-refractivity contribution is 0.0964. The van der Waals surface area contributed by atoms with Gasteiger partial charge in [-0.1, -0.05) is 18.2 Å². The lowest BCUT2D eigenvalue weighted by Crippen LogP contribution is -2.41. The monoisotopic (exact) mass is 432 g/mol. The number of aromatic nitrogens is 3. The van der Waals surface area contributed by atoms with Crippen LogP contribution in [0.15, 0.2) is 36.4 Å². The molecule has 0 bridgehead atoms. The van der Waals surface area contributed by atoms with Gasteiger partial charge in [0.2, 0.25) is 0 Å². The summed E-state index contributed by atoms with van der Waals surface area (Å²) < 4.78 is 1.78. The molecular formula is C24H28N6O2. The van der Waals surface area contributed by atoms with Crippen molar-refractivity contribution in [3.05, 3.63) is 53.3 Å². The quantitative estimate of drug-likeness (QED) is 0.659. The SMILES string of the molecule is CNC(=O)c1cc(C2CC2)nc2c1c(C1CCCN(C(=O)Nc3ccccc3)C1)nn2C. The molecule has 2 N–H and O–H groups in total. The molecule has 5 rings (SSSR count). The van der Waals surface area contributed by atoms with E-state index in [9.17, 15) is 9.59 Å². The van der Waals surface area contributed by atoms with Gasteiger partial charge < -0.3 is 15.5 Å². The first-order chi connectivity index (χ1) is 15.5. The van der Waals surface area contributed by atoms with Crippen LogP contribution in [0, 0.1) is 0 Å². The number of urea groups is 1. The van der Waals surface area contributed by atoms with Gasteiger partial charge in [0.25, 0.3) is 5.91 Å². The molecule has 1 aliphatic carbocycles. The number of carbonyl (C=O) groups is 2. The predicted octanol–water partition coefficient (Wildman–Crippen LogP) is 3.62. The second-order valence-electron chi connectivity index (χ2n) is 8.74. The number of hydrogen-bond acceptors (Lipinski definition) is 4. The molecule has 166 valence electrons. The van der Waals surface area contributed by atoms with Crippen molar-refractivity contribution in [1.29, 1.82) is 0 Å². The van der Waals surface area contributed by atoms with Crippen molar-refractivity contribution in [2.75, 3.05) is 25.5 Å². The number of aryl methyl sites for hydroxylation is 1. The highest BCUT2D eigenvalue weighted by Crippen LogP contribution is 2.41. The summed E-state index contributed by atoms with van der Waals surface area (Å²) in [4.78, 5) is 32.4. The molecule has 1 aromatic carbocycles. The molecule has 1 saturated heterocycles. The summed E-state index contributed by atoms with van der Waals surface area (Å²) in [6.45, 7) is 1.26. The Balaban J connectivity index is 1.47. The van der Waals surface area contributed by atoms with E-state index in [1.807, 2.05) is 48.3 Å². The molecule has 3 aromatic rings. The molecule has 0 spiro atoms. The third kappa shape index (κ3) is 3.81. The molecule has 8 nitrogen and oxygen atoms in total. The van der Waals surface area contributed by atoms with Gasteiger partial charge >= 0.3 is 6.03 Å². The summed E-state index contributed by atoms with van der Waals surface area (Å²) in [6.07, 6.45) is 4.03. The van der Waals surface area contributed by atoms with Crippen molar-refractivity contribution in [2.45, 2.75) is 37.5 Å². The Bertz CT molecular complexity index is 1170. The summed E-state index contributed by atoms with van der Waals surface area (Å²) >= 11 is 0. The zero-order chi connectivity index (χ0) is 22.2. The number of anilines is 1. The number of fused-ring (bicyclic) bond motifs is 1. The number of pyridine rings is 1. The van der Waals surface area contributed by atoms with Crippen molar-refractivity contribution in [2.24, 2.45) is 7.05 Å². The molecule has 0 radical (unpaired) electrons. The zero-order valence-electron chi connectivity index (χ0n) is 18.5. The first kappa shape index (κ1) is 20.5. The van der Waals surface area contributed by atoms with Crippen LogP contribution in [0.25, 0.3) is 11.0 Å². The van der Waals surface area contributed by atoms with E-state index >= 15 is 0 Å². The molecule has 3 heterocycles. The van der Waals surface area contributed by atoms with Crippen LogP contribution in [0.5, 0.6) is 0 Å². The van der Waals surface area contributed by atoms with Gasteiger partial charge in [-0.3, -0.25) is 9.48 Å².